The van der Waals surface area contributed by atoms with E-state index in [1.54, 1.807) is 7.05 Å². The van der Waals surface area contributed by atoms with Crippen LogP contribution in [0.15, 0.2) is 11.3 Å². The first kappa shape index (κ1) is 8.01. The molecule has 9 heavy (non-hydrogen) atoms. The van der Waals surface area contributed by atoms with Crippen molar-refractivity contribution in [3.8, 4) is 0 Å². The summed E-state index contributed by atoms with van der Waals surface area (Å²) in [7, 11) is 1.67. The Labute approximate surface area is 54.9 Å². The van der Waals surface area contributed by atoms with Crippen LogP contribution in [0, 0.1) is 0 Å². The number of amides is 1. The lowest BCUT2D eigenvalue weighted by Gasteiger charge is -2.02. The fraction of sp³-hybridized carbons (Fsp3) is 0.500. The lowest BCUT2D eigenvalue weighted by molar-refractivity contribution is -0.114. The van der Waals surface area contributed by atoms with E-state index in [-0.39, 0.29) is 0 Å². The van der Waals surface area contributed by atoms with E-state index in [9.17, 15) is 4.79 Å². The molecule has 0 aromatic carbocycles. The number of rotatable bonds is 2. The Kier molecular flexibility index (Phi) is 2.78. The zero-order valence-electron chi connectivity index (χ0n) is 5.99. The number of nitrogens with one attached hydrogen (secondary N) is 1. The molecule has 0 aromatic rings. The predicted molar refractivity (Wildman–Crippen MR) is 36.6 cm³/mol. The molecule has 1 amide bonds. The average Bonchev–Trinajstić information content (AvgIpc) is 1.64. The molecule has 0 saturated carbocycles. The summed E-state index contributed by atoms with van der Waals surface area (Å²) in [4.78, 5) is 10.5. The first-order chi connectivity index (χ1) is 4.09. The number of hydrogen-bond acceptors (Lipinski definition) is 2. The zero-order valence-corrected chi connectivity index (χ0v) is 5.99. The van der Waals surface area contributed by atoms with Gasteiger partial charge in [-0.05, 0) is 19.4 Å². The Morgan fingerprint density at radius 3 is 1.89 bits per heavy atom. The van der Waals surface area contributed by atoms with Gasteiger partial charge in [0.05, 0.1) is 5.70 Å². The molecular formula is C6H12N2O. The molecule has 0 atom stereocenters. The monoisotopic (exact) mass is 128 g/mol. The average molecular weight is 128 g/mol. The highest BCUT2D eigenvalue weighted by Crippen LogP contribution is 1.95. The first-order valence-electron chi connectivity index (χ1n) is 2.74. The molecule has 3 nitrogen and oxygen atoms in total. The van der Waals surface area contributed by atoms with E-state index in [4.69, 9.17) is 5.73 Å². The van der Waals surface area contributed by atoms with Crippen LogP contribution in [0.5, 0.6) is 0 Å². The minimum atomic E-state index is -0.405. The van der Waals surface area contributed by atoms with Gasteiger partial charge in [0.2, 0.25) is 0 Å². The standard InChI is InChI=1S/C6H12N2O/c1-4(2)5(8-3)6(7)9/h8H,1-3H3,(H2,7,9). The number of carbonyl (C=O) groups is 1. The highest BCUT2D eigenvalue weighted by molar-refractivity contribution is 5.91. The molecule has 3 heteroatoms. The maximum atomic E-state index is 10.5. The lowest BCUT2D eigenvalue weighted by Crippen LogP contribution is -2.24. The number of likely N-dealkylation sites (N-methyl/N-ethyl adjacent to an activating group) is 1. The van der Waals surface area contributed by atoms with E-state index >= 15 is 0 Å². The van der Waals surface area contributed by atoms with Crippen molar-refractivity contribution in [1.82, 2.24) is 5.32 Å². The number of nitrogens with two attached hydrogens (primary N) is 1. The third kappa shape index (κ3) is 2.17. The molecule has 0 bridgehead atoms. The van der Waals surface area contributed by atoms with Gasteiger partial charge in [-0.15, -0.1) is 0 Å². The molecule has 0 heterocycles. The van der Waals surface area contributed by atoms with Crippen LogP contribution in [-0.2, 0) is 4.79 Å². The summed E-state index contributed by atoms with van der Waals surface area (Å²) in [6, 6.07) is 0. The smallest absolute Gasteiger partial charge is 0.264 e. The summed E-state index contributed by atoms with van der Waals surface area (Å²) in [6.07, 6.45) is 0. The van der Waals surface area contributed by atoms with Gasteiger partial charge in [-0.25, -0.2) is 0 Å². The Morgan fingerprint density at radius 1 is 1.44 bits per heavy atom. The maximum absolute atomic E-state index is 10.5. The van der Waals surface area contributed by atoms with E-state index < -0.39 is 5.91 Å². The van der Waals surface area contributed by atoms with E-state index in [0.717, 1.165) is 5.57 Å². The fourth-order valence-corrected chi connectivity index (χ4v) is 0.620. The summed E-state index contributed by atoms with van der Waals surface area (Å²) in [5, 5.41) is 2.71. The van der Waals surface area contributed by atoms with E-state index in [0.29, 0.717) is 5.70 Å². The maximum Gasteiger partial charge on any atom is 0.264 e. The van der Waals surface area contributed by atoms with E-state index in [1.807, 2.05) is 13.8 Å². The van der Waals surface area contributed by atoms with Crippen molar-refractivity contribution in [2.75, 3.05) is 7.05 Å². The van der Waals surface area contributed by atoms with Gasteiger partial charge in [-0.2, -0.15) is 0 Å². The molecule has 0 aliphatic rings. The number of allylic oxidation sites excluding steroid dienone is 1. The Bertz CT molecular complexity index is 145. The van der Waals surface area contributed by atoms with Gasteiger partial charge in [0, 0.05) is 7.05 Å². The van der Waals surface area contributed by atoms with Gasteiger partial charge in [0.15, 0.2) is 0 Å². The Morgan fingerprint density at radius 2 is 1.89 bits per heavy atom. The van der Waals surface area contributed by atoms with Gasteiger partial charge in [-0.3, -0.25) is 4.79 Å². The molecule has 0 radical (unpaired) electrons. The highest BCUT2D eigenvalue weighted by Gasteiger charge is 2.01. The molecule has 0 aliphatic heterocycles. The molecule has 0 spiro atoms. The molecule has 0 fully saturated rings. The number of carbonyl (C=O) groups excluding carboxylic acids is 1. The van der Waals surface area contributed by atoms with E-state index in [1.165, 1.54) is 0 Å². The van der Waals surface area contributed by atoms with Crippen molar-refractivity contribution in [2.45, 2.75) is 13.8 Å². The summed E-state index contributed by atoms with van der Waals surface area (Å²) < 4.78 is 0. The molecule has 3 N–H and O–H groups in total. The molecule has 0 saturated heterocycles. The number of primary amides is 1. The van der Waals surface area contributed by atoms with Crippen molar-refractivity contribution in [1.29, 1.82) is 0 Å². The summed E-state index contributed by atoms with van der Waals surface area (Å²) in [5.41, 5.74) is 6.39. The number of hydrogen-bond donors (Lipinski definition) is 2. The van der Waals surface area contributed by atoms with Crippen molar-refractivity contribution in [3.05, 3.63) is 11.3 Å². The first-order valence-corrected chi connectivity index (χ1v) is 2.74. The van der Waals surface area contributed by atoms with Crippen LogP contribution in [0.3, 0.4) is 0 Å². The SMILES string of the molecule is CNC(C(N)=O)=C(C)C. The predicted octanol–water partition coefficient (Wildman–Crippen LogP) is -0.0150. The molecule has 52 valence electrons. The molecule has 0 aromatic heterocycles. The molecule has 0 rings (SSSR count). The second kappa shape index (κ2) is 3.12. The van der Waals surface area contributed by atoms with Gasteiger partial charge in [-0.1, -0.05) is 0 Å². The minimum Gasteiger partial charge on any atom is -0.384 e. The third-order valence-corrected chi connectivity index (χ3v) is 0.996. The van der Waals surface area contributed by atoms with Crippen LogP contribution in [0.4, 0.5) is 0 Å². The van der Waals surface area contributed by atoms with Crippen molar-refractivity contribution in [2.24, 2.45) is 5.73 Å². The van der Waals surface area contributed by atoms with Gasteiger partial charge < -0.3 is 11.1 Å². The Hall–Kier alpha value is -0.990. The second-order valence-corrected chi connectivity index (χ2v) is 1.99. The highest BCUT2D eigenvalue weighted by atomic mass is 16.1. The molecular weight excluding hydrogens is 116 g/mol. The minimum absolute atomic E-state index is 0.405. The molecule has 0 aliphatic carbocycles. The second-order valence-electron chi connectivity index (χ2n) is 1.99. The lowest BCUT2D eigenvalue weighted by atomic mass is 10.2. The van der Waals surface area contributed by atoms with Crippen LogP contribution in [0.25, 0.3) is 0 Å². The largest absolute Gasteiger partial charge is 0.384 e. The van der Waals surface area contributed by atoms with Gasteiger partial charge in [0.25, 0.3) is 5.91 Å². The van der Waals surface area contributed by atoms with Crippen LogP contribution in [-0.4, -0.2) is 13.0 Å². The molecule has 0 unspecified atom stereocenters. The zero-order chi connectivity index (χ0) is 7.44. The topological polar surface area (TPSA) is 55.1 Å². The summed E-state index contributed by atoms with van der Waals surface area (Å²) in [6.45, 7) is 3.66. The third-order valence-electron chi connectivity index (χ3n) is 0.996. The van der Waals surface area contributed by atoms with Gasteiger partial charge >= 0.3 is 0 Å². The fourth-order valence-electron chi connectivity index (χ4n) is 0.620. The normalized spacial score (nSPS) is 8.33. The van der Waals surface area contributed by atoms with Crippen LogP contribution in [0.1, 0.15) is 13.8 Å². The van der Waals surface area contributed by atoms with Crippen molar-refractivity contribution < 1.29 is 4.79 Å². The quantitative estimate of drug-likeness (QED) is 0.514. The Balaban J connectivity index is 4.35. The van der Waals surface area contributed by atoms with Crippen LogP contribution < -0.4 is 11.1 Å². The summed E-state index contributed by atoms with van der Waals surface area (Å²) in [5.74, 6) is -0.405. The van der Waals surface area contributed by atoms with Crippen molar-refractivity contribution >= 4 is 5.91 Å². The van der Waals surface area contributed by atoms with Crippen LogP contribution in [0.2, 0.25) is 0 Å². The van der Waals surface area contributed by atoms with E-state index in [2.05, 4.69) is 5.32 Å². The summed E-state index contributed by atoms with van der Waals surface area (Å²) >= 11 is 0. The van der Waals surface area contributed by atoms with Crippen LogP contribution >= 0.6 is 0 Å². The van der Waals surface area contributed by atoms with Crippen molar-refractivity contribution in [3.63, 3.8) is 0 Å². The van der Waals surface area contributed by atoms with Gasteiger partial charge in [0.1, 0.15) is 0 Å².